The highest BCUT2D eigenvalue weighted by molar-refractivity contribution is 5.88. The minimum Gasteiger partial charge on any atom is -0.453 e. The van der Waals surface area contributed by atoms with Crippen LogP contribution < -0.4 is 5.69 Å². The second kappa shape index (κ2) is 11.0. The number of nitrogens with zero attached hydrogens (tertiary/aromatic N) is 6. The first-order chi connectivity index (χ1) is 18.5. The summed E-state index contributed by atoms with van der Waals surface area (Å²) in [6, 6.07) is 7.40. The molecule has 0 radical (unpaired) electrons. The summed E-state index contributed by atoms with van der Waals surface area (Å²) in [5, 5.41) is 11.2. The van der Waals surface area contributed by atoms with Crippen molar-refractivity contribution in [1.82, 2.24) is 24.0 Å². The summed E-state index contributed by atoms with van der Waals surface area (Å²) in [6.45, 7) is 8.78. The average molecular weight is 515 g/mol. The van der Waals surface area contributed by atoms with Crippen LogP contribution in [0.5, 0.6) is 0 Å². The molecule has 0 atom stereocenters. The van der Waals surface area contributed by atoms with Gasteiger partial charge in [0.1, 0.15) is 0 Å². The van der Waals surface area contributed by atoms with Crippen molar-refractivity contribution in [2.75, 3.05) is 26.8 Å². The van der Waals surface area contributed by atoms with E-state index >= 15 is 0 Å². The lowest BCUT2D eigenvalue weighted by Crippen LogP contribution is -2.41. The number of hydrogen-bond acceptors (Lipinski definition) is 6. The van der Waals surface area contributed by atoms with Crippen molar-refractivity contribution in [3.63, 3.8) is 0 Å². The molecule has 1 N–H and O–H groups in total. The molecular weight excluding hydrogens is 484 g/mol. The maximum atomic E-state index is 13.9. The first kappa shape index (κ1) is 25.4. The van der Waals surface area contributed by atoms with Crippen molar-refractivity contribution in [3.8, 4) is 0 Å². The summed E-state index contributed by atoms with van der Waals surface area (Å²) in [5.74, 6) is 0. The number of aliphatic hydroxyl groups excluding tert-OH is 1. The van der Waals surface area contributed by atoms with Gasteiger partial charge in [-0.1, -0.05) is 12.1 Å². The minimum atomic E-state index is -0.345. The van der Waals surface area contributed by atoms with E-state index in [1.165, 1.54) is 7.11 Å². The number of carbonyl (C=O) groups excluding carboxylic acids is 1. The predicted octanol–water partition coefficient (Wildman–Crippen LogP) is 4.06. The van der Waals surface area contributed by atoms with Crippen molar-refractivity contribution in [3.05, 3.63) is 76.0 Å². The van der Waals surface area contributed by atoms with Gasteiger partial charge < -0.3 is 14.7 Å². The van der Waals surface area contributed by atoms with E-state index in [9.17, 15) is 14.7 Å². The maximum Gasteiger partial charge on any atom is 0.409 e. The molecule has 1 aromatic carbocycles. The Balaban J connectivity index is 1.55. The van der Waals surface area contributed by atoms with Gasteiger partial charge in [0, 0.05) is 38.1 Å². The number of fused-ring (bicyclic) bond motifs is 2. The number of hydrogen-bond donors (Lipinski definition) is 1. The molecule has 1 fully saturated rings. The Kier molecular flexibility index (Phi) is 7.38. The van der Waals surface area contributed by atoms with Gasteiger partial charge in [-0.15, -0.1) is 0 Å². The van der Waals surface area contributed by atoms with Crippen LogP contribution in [-0.4, -0.2) is 62.0 Å². The highest BCUT2D eigenvalue weighted by Crippen LogP contribution is 2.29. The number of aliphatic hydroxyl groups is 1. The van der Waals surface area contributed by atoms with Crippen LogP contribution in [0.25, 0.3) is 26.7 Å². The van der Waals surface area contributed by atoms with Crippen LogP contribution in [0, 0.1) is 6.57 Å². The van der Waals surface area contributed by atoms with Crippen LogP contribution in [0.15, 0.2) is 47.7 Å². The molecule has 0 aliphatic carbocycles. The van der Waals surface area contributed by atoms with Crippen LogP contribution in [0.1, 0.15) is 43.0 Å². The Hall–Kier alpha value is -4.23. The summed E-state index contributed by atoms with van der Waals surface area (Å²) in [5.41, 5.74) is 3.78. The summed E-state index contributed by atoms with van der Waals surface area (Å²) >= 11 is 0. The third-order valence-corrected chi connectivity index (χ3v) is 7.37. The molecular formula is C28H30N6O4. The first-order valence-electron chi connectivity index (χ1n) is 12.8. The molecule has 196 valence electrons. The second-order valence-corrected chi connectivity index (χ2v) is 9.54. The third-order valence-electron chi connectivity index (χ3n) is 7.37. The topological polar surface area (TPSA) is 107 Å². The van der Waals surface area contributed by atoms with Gasteiger partial charge in [-0.25, -0.2) is 14.4 Å². The SMILES string of the molecule is [C-]#[N+]c1ccc2c(CCCCO)c(Cn3c(=O)n(C4CCN(C(=O)OC)CC4)c4ccncc43)ncc2c1. The number of likely N-dealkylation sites (tertiary alicyclic amines) is 1. The van der Waals surface area contributed by atoms with Crippen LogP contribution in [0.3, 0.4) is 0 Å². The molecule has 1 aliphatic rings. The fourth-order valence-corrected chi connectivity index (χ4v) is 5.43. The van der Waals surface area contributed by atoms with Gasteiger partial charge in [-0.05, 0) is 60.6 Å². The van der Waals surface area contributed by atoms with E-state index in [0.29, 0.717) is 44.5 Å². The second-order valence-electron chi connectivity index (χ2n) is 9.54. The molecule has 1 amide bonds. The van der Waals surface area contributed by atoms with Crippen molar-refractivity contribution >= 4 is 33.6 Å². The Bertz CT molecular complexity index is 1580. The van der Waals surface area contributed by atoms with Crippen molar-refractivity contribution < 1.29 is 14.6 Å². The number of amides is 1. The van der Waals surface area contributed by atoms with Crippen molar-refractivity contribution in [2.45, 2.75) is 44.7 Å². The number of imidazole rings is 1. The molecule has 0 unspecified atom stereocenters. The van der Waals surface area contributed by atoms with Crippen molar-refractivity contribution in [1.29, 1.82) is 0 Å². The molecule has 0 spiro atoms. The summed E-state index contributed by atoms with van der Waals surface area (Å²) in [6.07, 6.45) is 8.29. The molecule has 0 saturated carbocycles. The molecule has 1 aliphatic heterocycles. The van der Waals surface area contributed by atoms with Gasteiger partial charge in [-0.2, -0.15) is 0 Å². The number of aryl methyl sites for hydroxylation is 1. The zero-order chi connectivity index (χ0) is 26.6. The van der Waals surface area contributed by atoms with Gasteiger partial charge >= 0.3 is 11.8 Å². The molecule has 38 heavy (non-hydrogen) atoms. The van der Waals surface area contributed by atoms with Crippen LogP contribution in [0.4, 0.5) is 10.5 Å². The minimum absolute atomic E-state index is 0.0461. The number of aromatic nitrogens is 4. The van der Waals surface area contributed by atoms with Gasteiger partial charge in [0.05, 0.1) is 43.2 Å². The monoisotopic (exact) mass is 514 g/mol. The summed E-state index contributed by atoms with van der Waals surface area (Å²) < 4.78 is 8.42. The Morgan fingerprint density at radius 2 is 2.00 bits per heavy atom. The fourth-order valence-electron chi connectivity index (χ4n) is 5.43. The third kappa shape index (κ3) is 4.73. The van der Waals surface area contributed by atoms with Crippen molar-refractivity contribution in [2.24, 2.45) is 0 Å². The van der Waals surface area contributed by atoms with E-state index in [2.05, 4.69) is 9.83 Å². The van der Waals surface area contributed by atoms with Crippen LogP contribution in [-0.2, 0) is 17.7 Å². The molecule has 0 bridgehead atoms. The quantitative estimate of drug-likeness (QED) is 0.294. The number of benzene rings is 1. The van der Waals surface area contributed by atoms with E-state index in [0.717, 1.165) is 39.5 Å². The number of carbonyl (C=O) groups is 1. The van der Waals surface area contributed by atoms with Gasteiger partial charge in [0.15, 0.2) is 5.69 Å². The maximum absolute atomic E-state index is 13.9. The number of rotatable bonds is 7. The smallest absolute Gasteiger partial charge is 0.409 e. The van der Waals surface area contributed by atoms with E-state index < -0.39 is 0 Å². The van der Waals surface area contributed by atoms with Crippen LogP contribution in [0.2, 0.25) is 0 Å². The molecule has 10 nitrogen and oxygen atoms in total. The molecule has 5 rings (SSSR count). The normalized spacial score (nSPS) is 14.2. The Morgan fingerprint density at radius 1 is 1.18 bits per heavy atom. The van der Waals surface area contributed by atoms with E-state index in [4.69, 9.17) is 16.3 Å². The first-order valence-corrected chi connectivity index (χ1v) is 12.8. The standard InChI is InChI=1S/C28H30N6O4/c1-29-20-6-7-22-19(15-20)16-31-24(23(22)5-3-4-14-35)18-33-26-17-30-11-8-25(26)34(27(33)36)21-9-12-32(13-10-21)28(37)38-2/h6-8,11,15-17,21,35H,3-5,9-10,12-14,18H2,2H3. The summed E-state index contributed by atoms with van der Waals surface area (Å²) in [4.78, 5) is 40.1. The average Bonchev–Trinajstić information content (AvgIpc) is 3.24. The molecule has 4 aromatic rings. The number of ether oxygens (including phenoxy) is 1. The lowest BCUT2D eigenvalue weighted by Gasteiger charge is -2.31. The molecule has 4 heterocycles. The lowest BCUT2D eigenvalue weighted by atomic mass is 9.99. The molecule has 3 aromatic heterocycles. The fraction of sp³-hybridized carbons (Fsp3) is 0.393. The van der Waals surface area contributed by atoms with E-state index in [1.54, 1.807) is 34.1 Å². The zero-order valence-electron chi connectivity index (χ0n) is 21.3. The van der Waals surface area contributed by atoms with Gasteiger partial charge in [0.25, 0.3) is 0 Å². The Morgan fingerprint density at radius 3 is 2.74 bits per heavy atom. The number of pyridine rings is 2. The molecule has 1 saturated heterocycles. The van der Waals surface area contributed by atoms with Gasteiger partial charge in [-0.3, -0.25) is 19.1 Å². The highest BCUT2D eigenvalue weighted by Gasteiger charge is 2.28. The molecule has 10 heteroatoms. The lowest BCUT2D eigenvalue weighted by molar-refractivity contribution is 0.107. The highest BCUT2D eigenvalue weighted by atomic mass is 16.5. The summed E-state index contributed by atoms with van der Waals surface area (Å²) in [7, 11) is 1.38. The number of piperidine rings is 1. The number of methoxy groups -OCH3 is 1. The van der Waals surface area contributed by atoms with E-state index in [-0.39, 0.29) is 31.0 Å². The Labute approximate surface area is 219 Å². The van der Waals surface area contributed by atoms with E-state index in [1.807, 2.05) is 22.8 Å². The van der Waals surface area contributed by atoms with Crippen LogP contribution >= 0.6 is 0 Å². The number of unbranched alkanes of at least 4 members (excludes halogenated alkanes) is 1. The zero-order valence-corrected chi connectivity index (χ0v) is 21.3. The van der Waals surface area contributed by atoms with Gasteiger partial charge in [0.2, 0.25) is 0 Å². The largest absolute Gasteiger partial charge is 0.453 e. The predicted molar refractivity (Wildman–Crippen MR) is 143 cm³/mol.